The number of benzene rings is 1. The fourth-order valence-corrected chi connectivity index (χ4v) is 3.18. The normalized spacial score (nSPS) is 22.6. The highest BCUT2D eigenvalue weighted by atomic mass is 16.3. The van der Waals surface area contributed by atoms with E-state index in [4.69, 9.17) is 0 Å². The van der Waals surface area contributed by atoms with E-state index in [-0.39, 0.29) is 11.7 Å². The van der Waals surface area contributed by atoms with Crippen LogP contribution >= 0.6 is 0 Å². The Morgan fingerprint density at radius 2 is 1.95 bits per heavy atom. The Balaban J connectivity index is 2.05. The lowest BCUT2D eigenvalue weighted by molar-refractivity contribution is 0.0674. The monoisotopic (exact) mass is 275 g/mol. The molecule has 0 unspecified atom stereocenters. The van der Waals surface area contributed by atoms with E-state index in [2.05, 4.69) is 6.92 Å². The van der Waals surface area contributed by atoms with Gasteiger partial charge in [-0.3, -0.25) is 4.79 Å². The Labute approximate surface area is 121 Å². The molecule has 1 aliphatic carbocycles. The Morgan fingerprint density at radius 1 is 1.30 bits per heavy atom. The molecule has 1 N–H and O–H groups in total. The van der Waals surface area contributed by atoms with Crippen LogP contribution in [0.4, 0.5) is 0 Å². The van der Waals surface area contributed by atoms with Gasteiger partial charge in [0.25, 0.3) is 5.91 Å². The summed E-state index contributed by atoms with van der Waals surface area (Å²) in [7, 11) is 1.91. The first kappa shape index (κ1) is 14.9. The third kappa shape index (κ3) is 3.14. The fraction of sp³-hybridized carbons (Fsp3) is 0.588. The summed E-state index contributed by atoms with van der Waals surface area (Å²) in [6.45, 7) is 4.12. The lowest BCUT2D eigenvalue weighted by Gasteiger charge is -2.34. The molecular weight excluding hydrogens is 250 g/mol. The lowest BCUT2D eigenvalue weighted by atomic mass is 9.84. The summed E-state index contributed by atoms with van der Waals surface area (Å²) in [6.07, 6.45) is 5.93. The van der Waals surface area contributed by atoms with E-state index in [0.717, 1.165) is 24.3 Å². The van der Waals surface area contributed by atoms with Crippen molar-refractivity contribution in [3.05, 3.63) is 29.3 Å². The molecule has 1 amide bonds. The van der Waals surface area contributed by atoms with Gasteiger partial charge >= 0.3 is 0 Å². The van der Waals surface area contributed by atoms with Crippen molar-refractivity contribution in [1.29, 1.82) is 0 Å². The summed E-state index contributed by atoms with van der Waals surface area (Å²) in [5.41, 5.74) is 1.53. The van der Waals surface area contributed by atoms with Crippen LogP contribution in [0.5, 0.6) is 5.75 Å². The summed E-state index contributed by atoms with van der Waals surface area (Å²) in [5.74, 6) is 1.12. The average Bonchev–Trinajstić information content (AvgIpc) is 2.46. The number of aryl methyl sites for hydroxylation is 1. The number of phenolic OH excluding ortho intramolecular Hbond substituents is 1. The van der Waals surface area contributed by atoms with Crippen molar-refractivity contribution in [2.75, 3.05) is 7.05 Å². The van der Waals surface area contributed by atoms with Crippen LogP contribution in [0.3, 0.4) is 0 Å². The highest BCUT2D eigenvalue weighted by Crippen LogP contribution is 2.30. The van der Waals surface area contributed by atoms with Crippen LogP contribution in [-0.2, 0) is 0 Å². The molecule has 3 heteroatoms. The molecule has 1 aromatic rings. The van der Waals surface area contributed by atoms with E-state index in [1.807, 2.05) is 18.9 Å². The maximum absolute atomic E-state index is 12.6. The summed E-state index contributed by atoms with van der Waals surface area (Å²) in [6, 6.07) is 5.32. The van der Waals surface area contributed by atoms with Crippen molar-refractivity contribution in [3.8, 4) is 5.75 Å². The molecule has 3 nitrogen and oxygen atoms in total. The van der Waals surface area contributed by atoms with Crippen LogP contribution in [0.15, 0.2) is 18.2 Å². The largest absolute Gasteiger partial charge is 0.508 e. The minimum Gasteiger partial charge on any atom is -0.508 e. The van der Waals surface area contributed by atoms with E-state index < -0.39 is 0 Å². The van der Waals surface area contributed by atoms with Crippen LogP contribution in [-0.4, -0.2) is 29.0 Å². The summed E-state index contributed by atoms with van der Waals surface area (Å²) in [5, 5.41) is 9.44. The number of hydrogen-bond acceptors (Lipinski definition) is 2. The van der Waals surface area contributed by atoms with Crippen LogP contribution in [0.2, 0.25) is 0 Å². The van der Waals surface area contributed by atoms with Crippen molar-refractivity contribution in [2.45, 2.75) is 52.0 Å². The van der Waals surface area contributed by atoms with Crippen molar-refractivity contribution < 1.29 is 9.90 Å². The molecule has 0 atom stereocenters. The number of amides is 1. The quantitative estimate of drug-likeness (QED) is 0.913. The number of rotatable bonds is 3. The van der Waals surface area contributed by atoms with E-state index in [9.17, 15) is 9.90 Å². The number of carbonyl (C=O) groups excluding carboxylic acids is 1. The first-order valence-electron chi connectivity index (χ1n) is 7.59. The Bertz CT molecular complexity index is 476. The predicted octanol–water partition coefficient (Wildman–Crippen LogP) is 3.74. The standard InChI is InChI=1S/C17H25NO2/c1-4-13-5-7-14(8-6-13)18(3)17(20)16-10-9-15(19)11-12(16)2/h9-11,13-14,19H,4-8H2,1-3H3. The van der Waals surface area contributed by atoms with Crippen molar-refractivity contribution in [3.63, 3.8) is 0 Å². The summed E-state index contributed by atoms with van der Waals surface area (Å²) >= 11 is 0. The molecule has 0 heterocycles. The van der Waals surface area contributed by atoms with Gasteiger partial charge in [0.15, 0.2) is 0 Å². The molecule has 0 saturated heterocycles. The SMILES string of the molecule is CCC1CCC(N(C)C(=O)c2ccc(O)cc2C)CC1. The predicted molar refractivity (Wildman–Crippen MR) is 81.0 cm³/mol. The maximum atomic E-state index is 12.6. The highest BCUT2D eigenvalue weighted by Gasteiger charge is 2.26. The van der Waals surface area contributed by atoms with Gasteiger partial charge in [-0.15, -0.1) is 0 Å². The molecule has 1 saturated carbocycles. The lowest BCUT2D eigenvalue weighted by Crippen LogP contribution is -2.39. The molecule has 20 heavy (non-hydrogen) atoms. The van der Waals surface area contributed by atoms with Crippen LogP contribution < -0.4 is 0 Å². The third-order valence-electron chi connectivity index (χ3n) is 4.70. The second-order valence-electron chi connectivity index (χ2n) is 6.00. The van der Waals surface area contributed by atoms with Gasteiger partial charge in [0.1, 0.15) is 5.75 Å². The van der Waals surface area contributed by atoms with Crippen LogP contribution in [0.1, 0.15) is 54.9 Å². The zero-order valence-electron chi connectivity index (χ0n) is 12.7. The molecule has 0 aliphatic heterocycles. The first-order valence-corrected chi connectivity index (χ1v) is 7.59. The minimum absolute atomic E-state index is 0.0717. The van der Waals surface area contributed by atoms with Gasteiger partial charge in [0.05, 0.1) is 0 Å². The van der Waals surface area contributed by atoms with Gasteiger partial charge in [-0.05, 0) is 62.3 Å². The van der Waals surface area contributed by atoms with E-state index in [0.29, 0.717) is 11.6 Å². The Morgan fingerprint density at radius 3 is 2.50 bits per heavy atom. The van der Waals surface area contributed by atoms with Crippen LogP contribution in [0.25, 0.3) is 0 Å². The van der Waals surface area contributed by atoms with E-state index in [1.54, 1.807) is 18.2 Å². The average molecular weight is 275 g/mol. The van der Waals surface area contributed by atoms with E-state index in [1.165, 1.54) is 19.3 Å². The van der Waals surface area contributed by atoms with Gasteiger partial charge in [0, 0.05) is 18.7 Å². The highest BCUT2D eigenvalue weighted by molar-refractivity contribution is 5.95. The summed E-state index contributed by atoms with van der Waals surface area (Å²) in [4.78, 5) is 14.5. The molecule has 1 aromatic carbocycles. The zero-order chi connectivity index (χ0) is 14.7. The number of nitrogens with zero attached hydrogens (tertiary/aromatic N) is 1. The fourth-order valence-electron chi connectivity index (χ4n) is 3.18. The second-order valence-corrected chi connectivity index (χ2v) is 6.00. The molecule has 1 fully saturated rings. The number of phenols is 1. The number of hydrogen-bond donors (Lipinski definition) is 1. The smallest absolute Gasteiger partial charge is 0.254 e. The zero-order valence-corrected chi connectivity index (χ0v) is 12.7. The summed E-state index contributed by atoms with van der Waals surface area (Å²) < 4.78 is 0. The molecule has 0 bridgehead atoms. The van der Waals surface area contributed by atoms with Gasteiger partial charge in [0.2, 0.25) is 0 Å². The Kier molecular flexibility index (Phi) is 4.69. The molecule has 0 aromatic heterocycles. The Hall–Kier alpha value is -1.51. The molecule has 0 radical (unpaired) electrons. The van der Waals surface area contributed by atoms with Crippen molar-refractivity contribution in [1.82, 2.24) is 4.90 Å². The van der Waals surface area contributed by atoms with Gasteiger partial charge in [-0.2, -0.15) is 0 Å². The number of aromatic hydroxyl groups is 1. The van der Waals surface area contributed by atoms with Gasteiger partial charge in [-0.1, -0.05) is 13.3 Å². The van der Waals surface area contributed by atoms with Gasteiger partial charge < -0.3 is 10.0 Å². The first-order chi connectivity index (χ1) is 9.52. The van der Waals surface area contributed by atoms with Crippen molar-refractivity contribution >= 4 is 5.91 Å². The van der Waals surface area contributed by atoms with Crippen LogP contribution in [0, 0.1) is 12.8 Å². The molecular formula is C17H25NO2. The molecule has 1 aliphatic rings. The maximum Gasteiger partial charge on any atom is 0.254 e. The van der Waals surface area contributed by atoms with Gasteiger partial charge in [-0.25, -0.2) is 0 Å². The topological polar surface area (TPSA) is 40.5 Å². The van der Waals surface area contributed by atoms with Crippen molar-refractivity contribution in [2.24, 2.45) is 5.92 Å². The molecule has 2 rings (SSSR count). The third-order valence-corrected chi connectivity index (χ3v) is 4.70. The van der Waals surface area contributed by atoms with E-state index >= 15 is 0 Å². The number of carbonyl (C=O) groups is 1. The molecule has 0 spiro atoms. The minimum atomic E-state index is 0.0717. The molecule has 110 valence electrons. The second kappa shape index (κ2) is 6.29.